The lowest BCUT2D eigenvalue weighted by molar-refractivity contribution is -0.144. The molecule has 0 aromatic heterocycles. The van der Waals surface area contributed by atoms with E-state index in [0.29, 0.717) is 13.2 Å². The molecule has 0 aliphatic heterocycles. The Bertz CT molecular complexity index is 377. The van der Waals surface area contributed by atoms with Gasteiger partial charge in [-0.05, 0) is 14.0 Å². The summed E-state index contributed by atoms with van der Waals surface area (Å²) in [5, 5.41) is 0. The molecule has 18 heavy (non-hydrogen) atoms. The van der Waals surface area contributed by atoms with E-state index in [1.807, 2.05) is 0 Å². The lowest BCUT2D eigenvalue weighted by atomic mass is 10.2. The lowest BCUT2D eigenvalue weighted by Gasteiger charge is -2.14. The molecule has 0 radical (unpaired) electrons. The molecule has 0 aliphatic carbocycles. The molecule has 106 valence electrons. The molecule has 0 fully saturated rings. The van der Waals surface area contributed by atoms with Gasteiger partial charge in [0, 0.05) is 19.2 Å². The minimum absolute atomic E-state index is 0.0225. The van der Waals surface area contributed by atoms with E-state index in [0.717, 1.165) is 6.26 Å². The highest BCUT2D eigenvalue weighted by Crippen LogP contribution is 1.97. The molecule has 0 unspecified atom stereocenters. The number of hydrogen-bond donors (Lipinski definition) is 0. The van der Waals surface area contributed by atoms with E-state index in [-0.39, 0.29) is 36.9 Å². The Morgan fingerprint density at radius 1 is 1.22 bits per heavy atom. The van der Waals surface area contributed by atoms with Crippen molar-refractivity contribution in [1.29, 1.82) is 0 Å². The van der Waals surface area contributed by atoms with Gasteiger partial charge in [0.2, 0.25) is 0 Å². The summed E-state index contributed by atoms with van der Waals surface area (Å²) in [5.74, 6) is -0.460. The van der Waals surface area contributed by atoms with Crippen molar-refractivity contribution in [2.75, 3.05) is 38.8 Å². The lowest BCUT2D eigenvalue weighted by Crippen LogP contribution is -2.30. The molecular weight excluding hydrogens is 258 g/mol. The third-order valence-corrected chi connectivity index (χ3v) is 3.13. The summed E-state index contributed by atoms with van der Waals surface area (Å²) in [4.78, 5) is 24.1. The fraction of sp³-hybridized carbons (Fsp3) is 0.818. The molecule has 0 saturated heterocycles. The number of esters is 1. The van der Waals surface area contributed by atoms with E-state index in [9.17, 15) is 18.0 Å². The van der Waals surface area contributed by atoms with Crippen molar-refractivity contribution in [3.05, 3.63) is 0 Å². The Labute approximate surface area is 108 Å². The summed E-state index contributed by atoms with van der Waals surface area (Å²) >= 11 is 0. The highest BCUT2D eigenvalue weighted by molar-refractivity contribution is 7.90. The smallest absolute Gasteiger partial charge is 0.306 e. The van der Waals surface area contributed by atoms with Gasteiger partial charge in [-0.2, -0.15) is 0 Å². The Kier molecular flexibility index (Phi) is 7.77. The standard InChI is InChI=1S/C11H21NO5S/c1-4-17-11(14)6-5-10(13)9-12(2)7-8-18(3,15)16/h4-9H2,1-3H3. The summed E-state index contributed by atoms with van der Waals surface area (Å²) in [6, 6.07) is 0. The highest BCUT2D eigenvalue weighted by atomic mass is 32.2. The molecule has 0 rings (SSSR count). The van der Waals surface area contributed by atoms with Crippen molar-refractivity contribution in [2.24, 2.45) is 0 Å². The Morgan fingerprint density at radius 3 is 2.33 bits per heavy atom. The second-order valence-electron chi connectivity index (χ2n) is 4.21. The average molecular weight is 279 g/mol. The fourth-order valence-electron chi connectivity index (χ4n) is 1.26. The van der Waals surface area contributed by atoms with E-state index >= 15 is 0 Å². The van der Waals surface area contributed by atoms with Crippen LogP contribution < -0.4 is 0 Å². The molecule has 7 heteroatoms. The van der Waals surface area contributed by atoms with Gasteiger partial charge in [0.1, 0.15) is 15.6 Å². The van der Waals surface area contributed by atoms with Crippen molar-refractivity contribution in [3.8, 4) is 0 Å². The summed E-state index contributed by atoms with van der Waals surface area (Å²) < 4.78 is 26.6. The fourth-order valence-corrected chi connectivity index (χ4v) is 1.90. The minimum Gasteiger partial charge on any atom is -0.466 e. The Balaban J connectivity index is 3.84. The molecular formula is C11H21NO5S. The van der Waals surface area contributed by atoms with Crippen LogP contribution in [0.4, 0.5) is 0 Å². The van der Waals surface area contributed by atoms with Crippen LogP contribution in [-0.4, -0.2) is 63.8 Å². The summed E-state index contributed by atoms with van der Waals surface area (Å²) in [6.07, 6.45) is 1.36. The van der Waals surface area contributed by atoms with Crippen molar-refractivity contribution < 1.29 is 22.7 Å². The van der Waals surface area contributed by atoms with Gasteiger partial charge in [-0.25, -0.2) is 8.42 Å². The van der Waals surface area contributed by atoms with Crippen LogP contribution in [-0.2, 0) is 24.2 Å². The van der Waals surface area contributed by atoms with Crippen molar-refractivity contribution in [2.45, 2.75) is 19.8 Å². The second kappa shape index (κ2) is 8.20. The zero-order valence-corrected chi connectivity index (χ0v) is 12.0. The van der Waals surface area contributed by atoms with E-state index in [1.54, 1.807) is 18.9 Å². The molecule has 0 aromatic carbocycles. The molecule has 0 atom stereocenters. The molecule has 0 aromatic rings. The van der Waals surface area contributed by atoms with Gasteiger partial charge in [0.15, 0.2) is 0 Å². The number of carbonyl (C=O) groups excluding carboxylic acids is 2. The number of ketones is 1. The van der Waals surface area contributed by atoms with Gasteiger partial charge in [-0.15, -0.1) is 0 Å². The maximum absolute atomic E-state index is 11.5. The Morgan fingerprint density at radius 2 is 1.83 bits per heavy atom. The number of ether oxygens (including phenoxy) is 1. The monoisotopic (exact) mass is 279 g/mol. The number of carbonyl (C=O) groups is 2. The molecule has 0 saturated carbocycles. The SMILES string of the molecule is CCOC(=O)CCC(=O)CN(C)CCS(C)(=O)=O. The quantitative estimate of drug-likeness (QED) is 0.547. The number of likely N-dealkylation sites (N-methyl/N-ethyl adjacent to an activating group) is 1. The second-order valence-corrected chi connectivity index (χ2v) is 6.47. The summed E-state index contributed by atoms with van der Waals surface area (Å²) in [5.41, 5.74) is 0. The van der Waals surface area contributed by atoms with Crippen LogP contribution in [0.3, 0.4) is 0 Å². The molecule has 0 N–H and O–H groups in total. The molecule has 0 spiro atoms. The van der Waals surface area contributed by atoms with Gasteiger partial charge < -0.3 is 4.74 Å². The highest BCUT2D eigenvalue weighted by Gasteiger charge is 2.11. The first-order valence-corrected chi connectivity index (χ1v) is 7.84. The summed E-state index contributed by atoms with van der Waals surface area (Å²) in [6.45, 7) is 2.47. The van der Waals surface area contributed by atoms with Crippen LogP contribution >= 0.6 is 0 Å². The number of Topliss-reactive ketones (excluding diaryl/α,β-unsaturated/α-hetero) is 1. The van der Waals surface area contributed by atoms with Crippen molar-refractivity contribution >= 4 is 21.6 Å². The molecule has 0 aliphatic rings. The van der Waals surface area contributed by atoms with Crippen LogP contribution in [0, 0.1) is 0 Å². The first-order chi connectivity index (χ1) is 8.24. The normalized spacial score (nSPS) is 11.6. The van der Waals surface area contributed by atoms with Crippen LogP contribution in [0.1, 0.15) is 19.8 Å². The van der Waals surface area contributed by atoms with Crippen LogP contribution in [0.25, 0.3) is 0 Å². The molecule has 6 nitrogen and oxygen atoms in total. The number of rotatable bonds is 9. The Hall–Kier alpha value is -0.950. The maximum atomic E-state index is 11.5. The molecule has 0 bridgehead atoms. The number of sulfone groups is 1. The van der Waals surface area contributed by atoms with Crippen LogP contribution in [0.15, 0.2) is 0 Å². The zero-order chi connectivity index (χ0) is 14.2. The van der Waals surface area contributed by atoms with Gasteiger partial charge >= 0.3 is 5.97 Å². The average Bonchev–Trinajstić information content (AvgIpc) is 2.23. The van der Waals surface area contributed by atoms with E-state index in [2.05, 4.69) is 0 Å². The summed E-state index contributed by atoms with van der Waals surface area (Å²) in [7, 11) is -1.34. The van der Waals surface area contributed by atoms with E-state index in [4.69, 9.17) is 4.74 Å². The minimum atomic E-state index is -3.02. The zero-order valence-electron chi connectivity index (χ0n) is 11.1. The van der Waals surface area contributed by atoms with Crippen LogP contribution in [0.5, 0.6) is 0 Å². The predicted octanol–water partition coefficient (Wildman–Crippen LogP) is -0.125. The first-order valence-electron chi connectivity index (χ1n) is 5.78. The molecule has 0 amide bonds. The number of hydrogen-bond acceptors (Lipinski definition) is 6. The maximum Gasteiger partial charge on any atom is 0.306 e. The van der Waals surface area contributed by atoms with Crippen LogP contribution in [0.2, 0.25) is 0 Å². The van der Waals surface area contributed by atoms with Gasteiger partial charge in [-0.1, -0.05) is 0 Å². The number of nitrogens with zero attached hydrogens (tertiary/aromatic N) is 1. The van der Waals surface area contributed by atoms with Gasteiger partial charge in [0.25, 0.3) is 0 Å². The third-order valence-electron chi connectivity index (χ3n) is 2.20. The van der Waals surface area contributed by atoms with E-state index in [1.165, 1.54) is 0 Å². The third kappa shape index (κ3) is 10.2. The van der Waals surface area contributed by atoms with Crippen molar-refractivity contribution in [1.82, 2.24) is 4.90 Å². The predicted molar refractivity (Wildman–Crippen MR) is 68.1 cm³/mol. The van der Waals surface area contributed by atoms with Gasteiger partial charge in [-0.3, -0.25) is 14.5 Å². The largest absolute Gasteiger partial charge is 0.466 e. The van der Waals surface area contributed by atoms with E-state index < -0.39 is 9.84 Å². The molecule has 0 heterocycles. The van der Waals surface area contributed by atoms with Gasteiger partial charge in [0.05, 0.1) is 25.3 Å². The van der Waals surface area contributed by atoms with Crippen molar-refractivity contribution in [3.63, 3.8) is 0 Å². The topological polar surface area (TPSA) is 80.8 Å². The first kappa shape index (κ1) is 17.1.